The minimum atomic E-state index is -1.79. The highest BCUT2D eigenvalue weighted by Crippen LogP contribution is 2.30. The van der Waals surface area contributed by atoms with Crippen molar-refractivity contribution in [3.63, 3.8) is 0 Å². The fourth-order valence-electron chi connectivity index (χ4n) is 11.6. The van der Waals surface area contributed by atoms with E-state index in [1.54, 1.807) is 6.08 Å². The molecule has 484 valence electrons. The molecule has 2 aliphatic heterocycles. The lowest BCUT2D eigenvalue weighted by molar-refractivity contribution is -0.359. The first kappa shape index (κ1) is 76.6. The highest BCUT2D eigenvalue weighted by Gasteiger charge is 2.51. The first-order chi connectivity index (χ1) is 40.1. The zero-order valence-corrected chi connectivity index (χ0v) is 52.5. The number of aliphatic hydroxyl groups excluding tert-OH is 8. The molecule has 12 unspecified atom stereocenters. The van der Waals surface area contributed by atoms with E-state index in [4.69, 9.17) is 18.9 Å². The molecule has 9 N–H and O–H groups in total. The Balaban J connectivity index is 1.71. The summed E-state index contributed by atoms with van der Waals surface area (Å²) in [6, 6.07) is -0.929. The topological polar surface area (TPSA) is 228 Å². The summed E-state index contributed by atoms with van der Waals surface area (Å²) >= 11 is 0. The fourth-order valence-corrected chi connectivity index (χ4v) is 11.6. The van der Waals surface area contributed by atoms with E-state index in [1.165, 1.54) is 244 Å². The molecule has 0 radical (unpaired) electrons. The molecule has 14 nitrogen and oxygen atoms in total. The Morgan fingerprint density at radius 1 is 0.427 bits per heavy atom. The maximum Gasteiger partial charge on any atom is 0.220 e. The highest BCUT2D eigenvalue weighted by molar-refractivity contribution is 5.76. The number of hydrogen-bond acceptors (Lipinski definition) is 13. The van der Waals surface area contributed by atoms with E-state index in [-0.39, 0.29) is 18.9 Å². The van der Waals surface area contributed by atoms with Gasteiger partial charge in [0.2, 0.25) is 5.91 Å². The van der Waals surface area contributed by atoms with E-state index in [2.05, 4.69) is 31.3 Å². The van der Waals surface area contributed by atoms with Crippen LogP contribution in [0.5, 0.6) is 0 Å². The van der Waals surface area contributed by atoms with Crippen molar-refractivity contribution in [1.29, 1.82) is 0 Å². The molecule has 0 aromatic carbocycles. The first-order valence-corrected chi connectivity index (χ1v) is 34.6. The quantitative estimate of drug-likeness (QED) is 0.0204. The summed E-state index contributed by atoms with van der Waals surface area (Å²) in [5.74, 6) is -0.242. The molecule has 12 atom stereocenters. The number of nitrogens with one attached hydrogen (secondary N) is 1. The monoisotopic (exact) mass is 1170 g/mol. The zero-order valence-electron chi connectivity index (χ0n) is 52.5. The van der Waals surface area contributed by atoms with Crippen LogP contribution in [0, 0.1) is 0 Å². The van der Waals surface area contributed by atoms with E-state index in [1.807, 2.05) is 6.08 Å². The Morgan fingerprint density at radius 2 is 0.780 bits per heavy atom. The van der Waals surface area contributed by atoms with Gasteiger partial charge < -0.3 is 65.1 Å². The second-order valence-electron chi connectivity index (χ2n) is 24.7. The summed E-state index contributed by atoms with van der Waals surface area (Å²) < 4.78 is 22.8. The van der Waals surface area contributed by atoms with E-state index >= 15 is 0 Å². The van der Waals surface area contributed by atoms with Crippen molar-refractivity contribution in [1.82, 2.24) is 5.32 Å². The third kappa shape index (κ3) is 37.9. The predicted molar refractivity (Wildman–Crippen MR) is 332 cm³/mol. The van der Waals surface area contributed by atoms with Gasteiger partial charge in [0.25, 0.3) is 0 Å². The minimum absolute atomic E-state index is 0.242. The van der Waals surface area contributed by atoms with Gasteiger partial charge in [-0.25, -0.2) is 0 Å². The average Bonchev–Trinajstić information content (AvgIpc) is 3.67. The number of aliphatic hydroxyl groups is 8. The van der Waals surface area contributed by atoms with Crippen LogP contribution in [0.4, 0.5) is 0 Å². The second kappa shape index (κ2) is 53.7. The van der Waals surface area contributed by atoms with Gasteiger partial charge in [-0.2, -0.15) is 0 Å². The van der Waals surface area contributed by atoms with Crippen molar-refractivity contribution in [2.45, 2.75) is 383 Å². The zero-order chi connectivity index (χ0) is 59.5. The maximum absolute atomic E-state index is 13.3. The average molecular weight is 1170 g/mol. The number of ether oxygens (including phenoxy) is 4. The lowest BCUT2D eigenvalue weighted by Crippen LogP contribution is -2.65. The Hall–Kier alpha value is -1.53. The lowest BCUT2D eigenvalue weighted by atomic mass is 9.97. The van der Waals surface area contributed by atoms with E-state index in [0.29, 0.717) is 12.8 Å². The molecule has 0 bridgehead atoms. The molecule has 14 heteroatoms. The number of hydrogen-bond donors (Lipinski definition) is 9. The molecular formula is C68H129NO13. The van der Waals surface area contributed by atoms with Crippen molar-refractivity contribution >= 4 is 5.91 Å². The van der Waals surface area contributed by atoms with Gasteiger partial charge in [0.05, 0.1) is 32.0 Å². The van der Waals surface area contributed by atoms with Gasteiger partial charge in [0, 0.05) is 6.42 Å². The molecule has 2 saturated heterocycles. The summed E-state index contributed by atoms with van der Waals surface area (Å²) in [6.45, 7) is 2.84. The largest absolute Gasteiger partial charge is 0.394 e. The van der Waals surface area contributed by atoms with Crippen LogP contribution in [0.2, 0.25) is 0 Å². The minimum Gasteiger partial charge on any atom is -0.394 e. The molecule has 2 fully saturated rings. The highest BCUT2D eigenvalue weighted by atomic mass is 16.7. The molecule has 0 aromatic rings. The normalized spacial score (nSPS) is 24.0. The molecule has 0 saturated carbocycles. The fraction of sp³-hybridized carbons (Fsp3) is 0.926. The third-order valence-electron chi connectivity index (χ3n) is 17.1. The van der Waals surface area contributed by atoms with Crippen molar-refractivity contribution < 1.29 is 64.6 Å². The maximum atomic E-state index is 13.3. The molecular weight excluding hydrogens is 1040 g/mol. The van der Waals surface area contributed by atoms with Crippen LogP contribution in [0.15, 0.2) is 24.3 Å². The summed E-state index contributed by atoms with van der Waals surface area (Å²) in [5, 5.41) is 87.4. The summed E-state index contributed by atoms with van der Waals surface area (Å²) in [4.78, 5) is 13.3. The van der Waals surface area contributed by atoms with Gasteiger partial charge in [-0.05, 0) is 32.1 Å². The van der Waals surface area contributed by atoms with Crippen LogP contribution in [0.1, 0.15) is 309 Å². The van der Waals surface area contributed by atoms with E-state index in [0.717, 1.165) is 32.1 Å². The second-order valence-corrected chi connectivity index (χ2v) is 24.7. The van der Waals surface area contributed by atoms with Crippen molar-refractivity contribution in [2.24, 2.45) is 0 Å². The summed E-state index contributed by atoms with van der Waals surface area (Å²) in [5.41, 5.74) is 0. The Morgan fingerprint density at radius 3 is 1.20 bits per heavy atom. The molecule has 2 rings (SSSR count). The number of carbonyl (C=O) groups excluding carboxylic acids is 1. The lowest BCUT2D eigenvalue weighted by Gasteiger charge is -2.46. The number of rotatable bonds is 57. The van der Waals surface area contributed by atoms with Crippen LogP contribution in [-0.4, -0.2) is 140 Å². The molecule has 82 heavy (non-hydrogen) atoms. The summed E-state index contributed by atoms with van der Waals surface area (Å²) in [6.07, 6.45) is 49.5. The Labute approximate surface area is 500 Å². The molecule has 2 aliphatic rings. The standard InChI is InChI=1S/C68H129NO13/c1-3-5-7-9-11-13-15-17-19-21-23-25-27-28-29-30-31-33-35-37-39-41-43-45-47-49-51-57(72)56(55-79-67-65(78)63(76)66(59(54-71)81-67)82-68-64(77)62(75)61(74)58(53-70)80-68)69-60(73)52-50-48-46-44-42-40-38-36-34-32-26-24-22-20-18-16-14-12-10-8-6-4-2/h41,43,49,51,56-59,61-68,70-72,74-78H,3-40,42,44-48,50,52-55H2,1-2H3,(H,69,73)/b43-41+,51-49+. The van der Waals surface area contributed by atoms with Crippen LogP contribution < -0.4 is 5.32 Å². The number of allylic oxidation sites excluding steroid dienone is 3. The van der Waals surface area contributed by atoms with E-state index in [9.17, 15) is 45.6 Å². The third-order valence-corrected chi connectivity index (χ3v) is 17.1. The predicted octanol–water partition coefficient (Wildman–Crippen LogP) is 13.6. The molecule has 2 heterocycles. The van der Waals surface area contributed by atoms with Crippen LogP contribution >= 0.6 is 0 Å². The Kier molecular flexibility index (Phi) is 50.1. The van der Waals surface area contributed by atoms with Crippen molar-refractivity contribution in [2.75, 3.05) is 19.8 Å². The van der Waals surface area contributed by atoms with Gasteiger partial charge in [0.15, 0.2) is 12.6 Å². The molecule has 0 aliphatic carbocycles. The Bertz CT molecular complexity index is 1470. The SMILES string of the molecule is CCCCCCCCCCCCCCCCCCCCCC/C=C/CC/C=C/C(O)C(COC1OC(CO)C(OC2OC(CO)C(O)C(O)C2O)C(O)C1O)NC(=O)CCCCCCCCCCCCCCCCCCCCCCCC. The number of carbonyl (C=O) groups is 1. The molecule has 0 aromatic heterocycles. The van der Waals surface area contributed by atoms with Gasteiger partial charge in [-0.1, -0.05) is 295 Å². The number of unbranched alkanes of at least 4 members (excludes halogenated alkanes) is 42. The van der Waals surface area contributed by atoms with Gasteiger partial charge in [0.1, 0.15) is 48.8 Å². The summed E-state index contributed by atoms with van der Waals surface area (Å²) in [7, 11) is 0. The smallest absolute Gasteiger partial charge is 0.220 e. The van der Waals surface area contributed by atoms with Gasteiger partial charge in [-0.3, -0.25) is 4.79 Å². The van der Waals surface area contributed by atoms with Crippen LogP contribution in [0.25, 0.3) is 0 Å². The molecule has 0 spiro atoms. The molecule has 1 amide bonds. The van der Waals surface area contributed by atoms with Gasteiger partial charge in [-0.15, -0.1) is 0 Å². The van der Waals surface area contributed by atoms with Gasteiger partial charge >= 0.3 is 0 Å². The number of amides is 1. The van der Waals surface area contributed by atoms with E-state index < -0.39 is 86.8 Å². The van der Waals surface area contributed by atoms with Crippen molar-refractivity contribution in [3.8, 4) is 0 Å². The van der Waals surface area contributed by atoms with Crippen LogP contribution in [-0.2, 0) is 23.7 Å². The van der Waals surface area contributed by atoms with Crippen molar-refractivity contribution in [3.05, 3.63) is 24.3 Å². The van der Waals surface area contributed by atoms with Crippen LogP contribution in [0.3, 0.4) is 0 Å². The first-order valence-electron chi connectivity index (χ1n) is 34.6.